The highest BCUT2D eigenvalue weighted by molar-refractivity contribution is 7.89. The maximum atomic E-state index is 12.6. The number of hydrogen-bond donors (Lipinski definition) is 3. The summed E-state index contributed by atoms with van der Waals surface area (Å²) in [6.45, 7) is 0.159. The SMILES string of the molecule is CN(CC(=O)NNC(=O)c1cccc(S(=O)(=O)NCc2ccccc2)c1)c1ccccc1. The first-order valence-corrected chi connectivity index (χ1v) is 11.3. The number of amides is 2. The van der Waals surface area contributed by atoms with Crippen molar-refractivity contribution in [2.45, 2.75) is 11.4 Å². The monoisotopic (exact) mass is 452 g/mol. The Morgan fingerprint density at radius 3 is 2.19 bits per heavy atom. The predicted molar refractivity (Wildman–Crippen MR) is 122 cm³/mol. The average Bonchev–Trinajstić information content (AvgIpc) is 2.82. The molecule has 0 aromatic heterocycles. The molecule has 0 saturated heterocycles. The first-order valence-electron chi connectivity index (χ1n) is 9.84. The van der Waals surface area contributed by atoms with Crippen LogP contribution in [0.4, 0.5) is 5.69 Å². The molecule has 0 bridgehead atoms. The molecular weight excluding hydrogens is 428 g/mol. The Balaban J connectivity index is 1.57. The van der Waals surface area contributed by atoms with Gasteiger partial charge in [0.1, 0.15) is 0 Å². The summed E-state index contributed by atoms with van der Waals surface area (Å²) in [4.78, 5) is 26.2. The van der Waals surface area contributed by atoms with Gasteiger partial charge >= 0.3 is 0 Å². The molecule has 0 aliphatic heterocycles. The summed E-state index contributed by atoms with van der Waals surface area (Å²) in [5.41, 5.74) is 6.42. The summed E-state index contributed by atoms with van der Waals surface area (Å²) < 4.78 is 27.7. The van der Waals surface area contributed by atoms with Crippen molar-refractivity contribution in [2.75, 3.05) is 18.5 Å². The molecule has 8 nitrogen and oxygen atoms in total. The predicted octanol–water partition coefficient (Wildman–Crippen LogP) is 2.06. The zero-order valence-corrected chi connectivity index (χ0v) is 18.3. The van der Waals surface area contributed by atoms with E-state index in [1.165, 1.54) is 24.3 Å². The lowest BCUT2D eigenvalue weighted by atomic mass is 10.2. The van der Waals surface area contributed by atoms with Gasteiger partial charge < -0.3 is 4.90 Å². The fraction of sp³-hybridized carbons (Fsp3) is 0.130. The Hall–Kier alpha value is -3.69. The molecule has 3 N–H and O–H groups in total. The minimum atomic E-state index is -3.82. The first kappa shape index (κ1) is 23.0. The van der Waals surface area contributed by atoms with Crippen molar-refractivity contribution in [2.24, 2.45) is 0 Å². The highest BCUT2D eigenvalue weighted by atomic mass is 32.2. The van der Waals surface area contributed by atoms with Crippen LogP contribution in [0, 0.1) is 0 Å². The van der Waals surface area contributed by atoms with Crippen molar-refractivity contribution in [1.82, 2.24) is 15.6 Å². The number of benzene rings is 3. The number of likely N-dealkylation sites (N-methyl/N-ethyl adjacent to an activating group) is 1. The molecule has 3 rings (SSSR count). The fourth-order valence-electron chi connectivity index (χ4n) is 2.89. The summed E-state index contributed by atoms with van der Waals surface area (Å²) in [5.74, 6) is -1.04. The molecule has 3 aromatic rings. The molecule has 0 aliphatic carbocycles. The second-order valence-corrected chi connectivity index (χ2v) is 8.80. The molecule has 2 amide bonds. The number of hydrogen-bond acceptors (Lipinski definition) is 5. The van der Waals surface area contributed by atoms with Crippen LogP contribution in [0.3, 0.4) is 0 Å². The lowest BCUT2D eigenvalue weighted by Crippen LogP contribution is -2.45. The van der Waals surface area contributed by atoms with Gasteiger partial charge in [-0.3, -0.25) is 20.4 Å². The summed E-state index contributed by atoms with van der Waals surface area (Å²) in [6, 6.07) is 24.0. The molecular formula is C23H24N4O4S. The van der Waals surface area contributed by atoms with Gasteiger partial charge in [-0.15, -0.1) is 0 Å². The van der Waals surface area contributed by atoms with Crippen LogP contribution in [0.5, 0.6) is 0 Å². The van der Waals surface area contributed by atoms with E-state index in [9.17, 15) is 18.0 Å². The summed E-state index contributed by atoms with van der Waals surface area (Å²) in [7, 11) is -2.06. The maximum absolute atomic E-state index is 12.6. The van der Waals surface area contributed by atoms with Crippen molar-refractivity contribution in [3.05, 3.63) is 96.1 Å². The Bertz CT molecular complexity index is 1170. The molecule has 0 fully saturated rings. The van der Waals surface area contributed by atoms with E-state index in [1.54, 1.807) is 11.9 Å². The third kappa shape index (κ3) is 6.40. The Kier molecular flexibility index (Phi) is 7.58. The van der Waals surface area contributed by atoms with E-state index in [0.717, 1.165) is 11.3 Å². The Morgan fingerprint density at radius 1 is 0.844 bits per heavy atom. The van der Waals surface area contributed by atoms with Crippen LogP contribution in [-0.2, 0) is 21.4 Å². The zero-order valence-electron chi connectivity index (χ0n) is 17.5. The summed E-state index contributed by atoms with van der Waals surface area (Å²) in [5, 5.41) is 0. The van der Waals surface area contributed by atoms with Gasteiger partial charge in [-0.25, -0.2) is 13.1 Å². The maximum Gasteiger partial charge on any atom is 0.269 e. The van der Waals surface area contributed by atoms with Gasteiger partial charge in [-0.1, -0.05) is 54.6 Å². The molecule has 0 heterocycles. The smallest absolute Gasteiger partial charge is 0.269 e. The number of anilines is 1. The minimum absolute atomic E-state index is 0.0299. The summed E-state index contributed by atoms with van der Waals surface area (Å²) in [6.07, 6.45) is 0. The number of nitrogens with one attached hydrogen (secondary N) is 3. The van der Waals surface area contributed by atoms with E-state index in [1.807, 2.05) is 60.7 Å². The van der Waals surface area contributed by atoms with Crippen LogP contribution in [-0.4, -0.2) is 33.8 Å². The lowest BCUT2D eigenvalue weighted by molar-refractivity contribution is -0.120. The number of nitrogens with zero attached hydrogens (tertiary/aromatic N) is 1. The fourth-order valence-corrected chi connectivity index (χ4v) is 3.95. The van der Waals surface area contributed by atoms with E-state index < -0.39 is 21.8 Å². The Morgan fingerprint density at radius 2 is 1.50 bits per heavy atom. The van der Waals surface area contributed by atoms with Gasteiger partial charge in [-0.2, -0.15) is 0 Å². The topological polar surface area (TPSA) is 108 Å². The van der Waals surface area contributed by atoms with E-state index in [-0.39, 0.29) is 23.5 Å². The third-order valence-corrected chi connectivity index (χ3v) is 6.01. The van der Waals surface area contributed by atoms with Gasteiger partial charge in [0.2, 0.25) is 10.0 Å². The molecule has 0 unspecified atom stereocenters. The molecule has 0 saturated carbocycles. The number of sulfonamides is 1. The number of para-hydroxylation sites is 1. The quantitative estimate of drug-likeness (QED) is 0.454. The van der Waals surface area contributed by atoms with Crippen molar-refractivity contribution < 1.29 is 18.0 Å². The standard InChI is InChI=1S/C23H24N4O4S/c1-27(20-12-6-3-7-13-20)17-22(28)25-26-23(29)19-11-8-14-21(15-19)32(30,31)24-16-18-9-4-2-5-10-18/h2-15,24H,16-17H2,1H3,(H,25,28)(H,26,29). The normalized spacial score (nSPS) is 10.9. The second-order valence-electron chi connectivity index (χ2n) is 7.03. The van der Waals surface area contributed by atoms with Crippen molar-refractivity contribution in [3.8, 4) is 0 Å². The van der Waals surface area contributed by atoms with E-state index in [2.05, 4.69) is 15.6 Å². The van der Waals surface area contributed by atoms with Crippen LogP contribution in [0.25, 0.3) is 0 Å². The van der Waals surface area contributed by atoms with E-state index in [0.29, 0.717) is 0 Å². The number of carbonyl (C=O) groups excluding carboxylic acids is 2. The van der Waals surface area contributed by atoms with E-state index >= 15 is 0 Å². The highest BCUT2D eigenvalue weighted by Crippen LogP contribution is 2.13. The molecule has 0 aliphatic rings. The molecule has 0 radical (unpaired) electrons. The van der Waals surface area contributed by atoms with Crippen LogP contribution in [0.1, 0.15) is 15.9 Å². The molecule has 9 heteroatoms. The van der Waals surface area contributed by atoms with Gasteiger partial charge in [0.15, 0.2) is 0 Å². The van der Waals surface area contributed by atoms with Gasteiger partial charge in [-0.05, 0) is 35.9 Å². The van der Waals surface area contributed by atoms with Crippen LogP contribution >= 0.6 is 0 Å². The Labute approximate surface area is 187 Å². The molecule has 166 valence electrons. The number of carbonyl (C=O) groups is 2. The van der Waals surface area contributed by atoms with Crippen molar-refractivity contribution in [1.29, 1.82) is 0 Å². The lowest BCUT2D eigenvalue weighted by Gasteiger charge is -2.18. The van der Waals surface area contributed by atoms with Gasteiger partial charge in [0.25, 0.3) is 11.8 Å². The molecule has 0 spiro atoms. The third-order valence-electron chi connectivity index (χ3n) is 4.61. The van der Waals surface area contributed by atoms with E-state index in [4.69, 9.17) is 0 Å². The van der Waals surface area contributed by atoms with Crippen molar-refractivity contribution >= 4 is 27.5 Å². The van der Waals surface area contributed by atoms with Crippen molar-refractivity contribution in [3.63, 3.8) is 0 Å². The molecule has 32 heavy (non-hydrogen) atoms. The van der Waals surface area contributed by atoms with Crippen LogP contribution in [0.2, 0.25) is 0 Å². The number of rotatable bonds is 8. The van der Waals surface area contributed by atoms with Gasteiger partial charge in [0.05, 0.1) is 11.4 Å². The average molecular weight is 453 g/mol. The second kappa shape index (κ2) is 10.6. The number of hydrazine groups is 1. The zero-order chi connectivity index (χ0) is 23.0. The largest absolute Gasteiger partial charge is 0.365 e. The first-order chi connectivity index (χ1) is 15.3. The van der Waals surface area contributed by atoms with Gasteiger partial charge in [0, 0.05) is 24.8 Å². The minimum Gasteiger partial charge on any atom is -0.365 e. The van der Waals surface area contributed by atoms with Crippen LogP contribution in [0.15, 0.2) is 89.8 Å². The highest BCUT2D eigenvalue weighted by Gasteiger charge is 2.17. The molecule has 0 atom stereocenters. The molecule has 3 aromatic carbocycles. The van der Waals surface area contributed by atoms with Crippen LogP contribution < -0.4 is 20.5 Å². The summed E-state index contributed by atoms with van der Waals surface area (Å²) >= 11 is 0.